The summed E-state index contributed by atoms with van der Waals surface area (Å²) in [6, 6.07) is 1.37. The molecule has 7 heteroatoms. The molecule has 0 radical (unpaired) electrons. The molecule has 3 nitrogen and oxygen atoms in total. The predicted octanol–water partition coefficient (Wildman–Crippen LogP) is 3.04. The Hall–Kier alpha value is -1.17. The number of pyridine rings is 1. The van der Waals surface area contributed by atoms with Crippen molar-refractivity contribution in [1.82, 2.24) is 4.98 Å². The third kappa shape index (κ3) is 3.16. The quantitative estimate of drug-likeness (QED) is 0.778. The highest BCUT2D eigenvalue weighted by Gasteiger charge is 2.33. The molecule has 0 atom stereocenters. The van der Waals surface area contributed by atoms with E-state index in [1.165, 1.54) is 20.1 Å². The van der Waals surface area contributed by atoms with Gasteiger partial charge in [-0.05, 0) is 13.0 Å². The van der Waals surface area contributed by atoms with E-state index in [4.69, 9.17) is 16.3 Å². The van der Waals surface area contributed by atoms with Crippen LogP contribution in [0, 0.1) is 6.92 Å². The second-order valence-corrected chi connectivity index (χ2v) is 3.19. The second kappa shape index (κ2) is 4.78. The molecule has 0 spiro atoms. The Morgan fingerprint density at radius 3 is 2.50 bits per heavy atom. The summed E-state index contributed by atoms with van der Waals surface area (Å²) in [5, 5.41) is 0. The van der Waals surface area contributed by atoms with Gasteiger partial charge in [0, 0.05) is 5.56 Å². The molecule has 0 bridgehead atoms. The lowest BCUT2D eigenvalue weighted by Crippen LogP contribution is -2.19. The van der Waals surface area contributed by atoms with Gasteiger partial charge in [-0.1, -0.05) is 0 Å². The molecular weight excluding hydrogens is 247 g/mol. The van der Waals surface area contributed by atoms with E-state index in [0.717, 1.165) is 0 Å². The molecule has 0 aromatic carbocycles. The van der Waals surface area contributed by atoms with Crippen LogP contribution < -0.4 is 9.47 Å². The van der Waals surface area contributed by atoms with Crippen molar-refractivity contribution in [3.05, 3.63) is 17.3 Å². The molecular formula is C9H9ClF3NO2. The third-order valence-corrected chi connectivity index (χ3v) is 2.07. The Labute approximate surface area is 95.1 Å². The van der Waals surface area contributed by atoms with Gasteiger partial charge in [0.2, 0.25) is 5.88 Å². The topological polar surface area (TPSA) is 31.4 Å². The molecule has 0 aliphatic rings. The highest BCUT2D eigenvalue weighted by atomic mass is 35.5. The van der Waals surface area contributed by atoms with E-state index >= 15 is 0 Å². The minimum Gasteiger partial charge on any atom is -0.495 e. The number of methoxy groups -OCH3 is 1. The van der Waals surface area contributed by atoms with Crippen LogP contribution in [0.5, 0.6) is 11.6 Å². The fourth-order valence-electron chi connectivity index (χ4n) is 1.10. The van der Waals surface area contributed by atoms with Crippen LogP contribution in [0.25, 0.3) is 0 Å². The summed E-state index contributed by atoms with van der Waals surface area (Å²) in [5.41, 5.74) is 0.428. The van der Waals surface area contributed by atoms with E-state index < -0.39 is 12.2 Å². The Morgan fingerprint density at radius 2 is 2.06 bits per heavy atom. The predicted molar refractivity (Wildman–Crippen MR) is 51.8 cm³/mol. The lowest BCUT2D eigenvalue weighted by molar-refractivity contribution is -0.276. The van der Waals surface area contributed by atoms with Gasteiger partial charge in [-0.2, -0.15) is 0 Å². The number of aryl methyl sites for hydroxylation is 1. The van der Waals surface area contributed by atoms with Crippen molar-refractivity contribution in [3.8, 4) is 11.6 Å². The number of hydrogen-bond donors (Lipinski definition) is 0. The first-order chi connectivity index (χ1) is 7.37. The Balaban J connectivity index is 3.13. The van der Waals surface area contributed by atoms with Gasteiger partial charge >= 0.3 is 6.36 Å². The molecule has 0 aliphatic heterocycles. The van der Waals surface area contributed by atoms with Crippen LogP contribution in [0.3, 0.4) is 0 Å². The molecule has 0 fully saturated rings. The number of nitrogens with zero attached hydrogens (tertiary/aromatic N) is 1. The van der Waals surface area contributed by atoms with Crippen molar-refractivity contribution in [2.24, 2.45) is 0 Å². The number of ether oxygens (including phenoxy) is 2. The zero-order valence-corrected chi connectivity index (χ0v) is 9.32. The van der Waals surface area contributed by atoms with E-state index in [1.807, 2.05) is 0 Å². The first kappa shape index (κ1) is 12.9. The van der Waals surface area contributed by atoms with Gasteiger partial charge in [0.05, 0.1) is 18.7 Å². The Morgan fingerprint density at radius 1 is 1.44 bits per heavy atom. The highest BCUT2D eigenvalue weighted by Crippen LogP contribution is 2.30. The van der Waals surface area contributed by atoms with Crippen LogP contribution in [0.1, 0.15) is 11.3 Å². The lowest BCUT2D eigenvalue weighted by atomic mass is 10.2. The van der Waals surface area contributed by atoms with Crippen LogP contribution in [0.4, 0.5) is 13.2 Å². The number of hydrogen-bond acceptors (Lipinski definition) is 3. The molecule has 16 heavy (non-hydrogen) atoms. The van der Waals surface area contributed by atoms with Crippen LogP contribution in [-0.2, 0) is 5.88 Å². The average molecular weight is 256 g/mol. The minimum absolute atomic E-state index is 0.126. The lowest BCUT2D eigenvalue weighted by Gasteiger charge is -2.13. The first-order valence-electron chi connectivity index (χ1n) is 4.23. The number of halogens is 4. The maximum absolute atomic E-state index is 12.0. The Bertz CT molecular complexity index is 382. The van der Waals surface area contributed by atoms with Crippen molar-refractivity contribution in [2.45, 2.75) is 19.2 Å². The number of rotatable bonds is 3. The standard InChI is InChI=1S/C9H9ClF3NO2/c1-5-7(15-2)3-6(4-10)8(14-5)16-9(11,12)13/h3H,4H2,1-2H3. The first-order valence-corrected chi connectivity index (χ1v) is 4.77. The minimum atomic E-state index is -4.78. The van der Waals surface area contributed by atoms with Crippen molar-refractivity contribution < 1.29 is 22.6 Å². The van der Waals surface area contributed by atoms with Gasteiger partial charge in [0.1, 0.15) is 5.75 Å². The van der Waals surface area contributed by atoms with Crippen molar-refractivity contribution in [2.75, 3.05) is 7.11 Å². The van der Waals surface area contributed by atoms with Crippen molar-refractivity contribution in [3.63, 3.8) is 0 Å². The summed E-state index contributed by atoms with van der Waals surface area (Å²) in [4.78, 5) is 3.65. The van der Waals surface area contributed by atoms with Gasteiger partial charge in [-0.3, -0.25) is 0 Å². The SMILES string of the molecule is COc1cc(CCl)c(OC(F)(F)F)nc1C. The van der Waals surface area contributed by atoms with Gasteiger partial charge in [-0.15, -0.1) is 24.8 Å². The molecule has 1 aromatic heterocycles. The van der Waals surface area contributed by atoms with Crippen molar-refractivity contribution >= 4 is 11.6 Å². The second-order valence-electron chi connectivity index (χ2n) is 2.92. The van der Waals surface area contributed by atoms with Gasteiger partial charge in [0.25, 0.3) is 0 Å². The number of aromatic nitrogens is 1. The summed E-state index contributed by atoms with van der Waals surface area (Å²) in [6.45, 7) is 1.51. The van der Waals surface area contributed by atoms with Crippen LogP contribution in [0.15, 0.2) is 6.07 Å². The van der Waals surface area contributed by atoms with Gasteiger partial charge in [0.15, 0.2) is 0 Å². The summed E-state index contributed by atoms with van der Waals surface area (Å²) in [5.74, 6) is -0.319. The maximum atomic E-state index is 12.0. The Kier molecular flexibility index (Phi) is 3.85. The molecule has 0 amide bonds. The molecule has 1 aromatic rings. The molecule has 1 heterocycles. The summed E-state index contributed by atoms with van der Waals surface area (Å²) in [6.07, 6.45) is -4.78. The fraction of sp³-hybridized carbons (Fsp3) is 0.444. The van der Waals surface area contributed by atoms with Crippen molar-refractivity contribution in [1.29, 1.82) is 0 Å². The molecule has 90 valence electrons. The zero-order chi connectivity index (χ0) is 12.3. The van der Waals surface area contributed by atoms with E-state index in [1.54, 1.807) is 0 Å². The molecule has 0 aliphatic carbocycles. The average Bonchev–Trinajstić information content (AvgIpc) is 2.16. The van der Waals surface area contributed by atoms with Crippen LogP contribution >= 0.6 is 11.6 Å². The van der Waals surface area contributed by atoms with Crippen LogP contribution in [0.2, 0.25) is 0 Å². The maximum Gasteiger partial charge on any atom is 0.574 e. The summed E-state index contributed by atoms with van der Waals surface area (Å²) in [7, 11) is 1.40. The summed E-state index contributed by atoms with van der Waals surface area (Å²) < 4.78 is 44.8. The van der Waals surface area contributed by atoms with Gasteiger partial charge < -0.3 is 9.47 Å². The molecule has 0 saturated carbocycles. The smallest absolute Gasteiger partial charge is 0.495 e. The third-order valence-electron chi connectivity index (χ3n) is 1.78. The fourth-order valence-corrected chi connectivity index (χ4v) is 1.30. The molecule has 0 saturated heterocycles. The highest BCUT2D eigenvalue weighted by molar-refractivity contribution is 6.17. The monoisotopic (exact) mass is 255 g/mol. The zero-order valence-electron chi connectivity index (χ0n) is 8.56. The van der Waals surface area contributed by atoms with Crippen LogP contribution in [-0.4, -0.2) is 18.5 Å². The van der Waals surface area contributed by atoms with E-state index in [9.17, 15) is 13.2 Å². The normalized spacial score (nSPS) is 11.4. The van der Waals surface area contributed by atoms with E-state index in [-0.39, 0.29) is 11.4 Å². The van der Waals surface area contributed by atoms with Gasteiger partial charge in [-0.25, -0.2) is 4.98 Å². The van der Waals surface area contributed by atoms with E-state index in [0.29, 0.717) is 11.4 Å². The number of alkyl halides is 4. The molecule has 1 rings (SSSR count). The van der Waals surface area contributed by atoms with E-state index in [2.05, 4.69) is 9.72 Å². The summed E-state index contributed by atoms with van der Waals surface area (Å²) >= 11 is 5.50. The molecule has 0 N–H and O–H groups in total. The molecule has 0 unspecified atom stereocenters. The largest absolute Gasteiger partial charge is 0.574 e.